The number of hydrogen-bond donors (Lipinski definition) is 2. The van der Waals surface area contributed by atoms with Gasteiger partial charge in [0.05, 0.1) is 22.2 Å². The van der Waals surface area contributed by atoms with Crippen LogP contribution in [0.25, 0.3) is 0 Å². The van der Waals surface area contributed by atoms with Gasteiger partial charge in [-0.2, -0.15) is 0 Å². The smallest absolute Gasteiger partial charge is 0.295 e. The van der Waals surface area contributed by atoms with Gasteiger partial charge < -0.3 is 15.8 Å². The minimum Gasteiger partial charge on any atom is -0.393 e. The molecular formula is C12H16FN3O4. The van der Waals surface area contributed by atoms with Crippen LogP contribution in [0.4, 0.5) is 15.8 Å². The molecule has 0 spiro atoms. The second-order valence-electron chi connectivity index (χ2n) is 4.79. The number of halogens is 1. The van der Waals surface area contributed by atoms with E-state index in [1.54, 1.807) is 13.8 Å². The molecule has 3 N–H and O–H groups in total. The van der Waals surface area contributed by atoms with E-state index in [1.807, 2.05) is 0 Å². The molecule has 0 saturated carbocycles. The van der Waals surface area contributed by atoms with Gasteiger partial charge in [-0.3, -0.25) is 14.9 Å². The fraction of sp³-hybridized carbons (Fsp3) is 0.417. The molecule has 1 aromatic rings. The molecule has 0 unspecified atom stereocenters. The largest absolute Gasteiger partial charge is 0.393 e. The molecule has 0 aliphatic carbocycles. The van der Waals surface area contributed by atoms with Gasteiger partial charge in [0.2, 0.25) is 0 Å². The molecule has 110 valence electrons. The standard InChI is InChI=1S/C12H16FN3O4/c1-12(2,20-3)6-15-11(17)8-4-7(13)5-9(10(8)14)16(18)19/h4-5H,6,14H2,1-3H3,(H,15,17). The van der Waals surface area contributed by atoms with Crippen molar-refractivity contribution in [3.63, 3.8) is 0 Å². The van der Waals surface area contributed by atoms with Crippen molar-refractivity contribution in [3.8, 4) is 0 Å². The SMILES string of the molecule is COC(C)(C)CNC(=O)c1cc(F)cc([N+](=O)[O-])c1N. The fourth-order valence-electron chi connectivity index (χ4n) is 1.40. The van der Waals surface area contributed by atoms with Crippen LogP contribution in [0.1, 0.15) is 24.2 Å². The molecule has 0 fully saturated rings. The third-order valence-electron chi connectivity index (χ3n) is 2.79. The molecule has 0 bridgehead atoms. The average Bonchev–Trinajstić information content (AvgIpc) is 2.38. The summed E-state index contributed by atoms with van der Waals surface area (Å²) >= 11 is 0. The van der Waals surface area contributed by atoms with Crippen LogP contribution in [0, 0.1) is 15.9 Å². The highest BCUT2D eigenvalue weighted by Gasteiger charge is 2.23. The lowest BCUT2D eigenvalue weighted by Gasteiger charge is -2.23. The van der Waals surface area contributed by atoms with E-state index < -0.39 is 27.9 Å². The Morgan fingerprint density at radius 3 is 2.65 bits per heavy atom. The number of nitrogens with one attached hydrogen (secondary N) is 1. The number of amides is 1. The Morgan fingerprint density at radius 2 is 2.15 bits per heavy atom. The van der Waals surface area contributed by atoms with Gasteiger partial charge >= 0.3 is 0 Å². The van der Waals surface area contributed by atoms with Gasteiger partial charge in [-0.1, -0.05) is 0 Å². The highest BCUT2D eigenvalue weighted by molar-refractivity contribution is 6.01. The van der Waals surface area contributed by atoms with E-state index in [0.717, 1.165) is 6.07 Å². The lowest BCUT2D eigenvalue weighted by atomic mass is 10.1. The van der Waals surface area contributed by atoms with Crippen molar-refractivity contribution in [2.24, 2.45) is 0 Å². The van der Waals surface area contributed by atoms with E-state index >= 15 is 0 Å². The van der Waals surface area contributed by atoms with E-state index in [4.69, 9.17) is 10.5 Å². The summed E-state index contributed by atoms with van der Waals surface area (Å²) in [6.45, 7) is 3.63. The summed E-state index contributed by atoms with van der Waals surface area (Å²) in [6.07, 6.45) is 0. The minimum atomic E-state index is -0.901. The first-order valence-electron chi connectivity index (χ1n) is 5.74. The molecule has 20 heavy (non-hydrogen) atoms. The first-order chi connectivity index (χ1) is 9.18. The number of hydrogen-bond acceptors (Lipinski definition) is 5. The topological polar surface area (TPSA) is 107 Å². The van der Waals surface area contributed by atoms with Crippen molar-refractivity contribution >= 4 is 17.3 Å². The monoisotopic (exact) mass is 285 g/mol. The van der Waals surface area contributed by atoms with Crippen molar-refractivity contribution in [2.45, 2.75) is 19.4 Å². The van der Waals surface area contributed by atoms with Crippen LogP contribution in [0.3, 0.4) is 0 Å². The van der Waals surface area contributed by atoms with Gasteiger partial charge in [0.25, 0.3) is 11.6 Å². The van der Waals surface area contributed by atoms with E-state index in [2.05, 4.69) is 5.32 Å². The summed E-state index contributed by atoms with van der Waals surface area (Å²) < 4.78 is 18.4. The minimum absolute atomic E-state index is 0.145. The number of ether oxygens (including phenoxy) is 1. The second-order valence-corrected chi connectivity index (χ2v) is 4.79. The summed E-state index contributed by atoms with van der Waals surface area (Å²) in [7, 11) is 1.48. The summed E-state index contributed by atoms with van der Waals surface area (Å²) in [6, 6.07) is 1.53. The molecule has 1 amide bonds. The number of carbonyl (C=O) groups is 1. The first-order valence-corrected chi connectivity index (χ1v) is 5.74. The third-order valence-corrected chi connectivity index (χ3v) is 2.79. The highest BCUT2D eigenvalue weighted by atomic mass is 19.1. The Balaban J connectivity index is 3.02. The summed E-state index contributed by atoms with van der Waals surface area (Å²) in [5, 5.41) is 13.2. The number of rotatable bonds is 5. The summed E-state index contributed by atoms with van der Waals surface area (Å²) in [5.74, 6) is -1.60. The third kappa shape index (κ3) is 3.64. The molecule has 0 aliphatic heterocycles. The summed E-state index contributed by atoms with van der Waals surface area (Å²) in [5.41, 5.74) is 3.62. The van der Waals surface area contributed by atoms with Crippen molar-refractivity contribution in [1.29, 1.82) is 0 Å². The zero-order valence-electron chi connectivity index (χ0n) is 11.4. The number of nitrogens with two attached hydrogens (primary N) is 1. The molecule has 0 saturated heterocycles. The molecule has 1 aromatic carbocycles. The Hall–Kier alpha value is -2.22. The number of nitrogens with zero attached hydrogens (tertiary/aromatic N) is 1. The first kappa shape index (κ1) is 15.8. The van der Waals surface area contributed by atoms with Crippen LogP contribution in [0.2, 0.25) is 0 Å². The van der Waals surface area contributed by atoms with Crippen molar-refractivity contribution < 1.29 is 18.8 Å². The van der Waals surface area contributed by atoms with E-state index in [1.165, 1.54) is 7.11 Å². The number of anilines is 1. The second kappa shape index (κ2) is 5.83. The van der Waals surface area contributed by atoms with Crippen molar-refractivity contribution in [2.75, 3.05) is 19.4 Å². The molecule has 1 rings (SSSR count). The summed E-state index contributed by atoms with van der Waals surface area (Å²) in [4.78, 5) is 21.8. The lowest BCUT2D eigenvalue weighted by molar-refractivity contribution is -0.384. The zero-order chi connectivity index (χ0) is 15.5. The lowest BCUT2D eigenvalue weighted by Crippen LogP contribution is -2.40. The van der Waals surface area contributed by atoms with Crippen LogP contribution in [0.15, 0.2) is 12.1 Å². The maximum absolute atomic E-state index is 13.3. The van der Waals surface area contributed by atoms with Gasteiger partial charge in [-0.25, -0.2) is 4.39 Å². The van der Waals surface area contributed by atoms with Gasteiger partial charge in [0.1, 0.15) is 11.5 Å². The molecule has 0 aliphatic rings. The Labute approximate surface area is 115 Å². The van der Waals surface area contributed by atoms with Crippen molar-refractivity contribution in [1.82, 2.24) is 5.32 Å². The predicted octanol–water partition coefficient (Wildman–Crippen LogP) is 1.47. The van der Waals surface area contributed by atoms with Gasteiger partial charge in [0.15, 0.2) is 0 Å². The van der Waals surface area contributed by atoms with E-state index in [0.29, 0.717) is 6.07 Å². The van der Waals surface area contributed by atoms with Crippen LogP contribution in [-0.2, 0) is 4.74 Å². The van der Waals surface area contributed by atoms with E-state index in [-0.39, 0.29) is 17.8 Å². The Bertz CT molecular complexity index is 546. The quantitative estimate of drug-likeness (QED) is 0.484. The maximum Gasteiger partial charge on any atom is 0.295 e. The highest BCUT2D eigenvalue weighted by Crippen LogP contribution is 2.26. The van der Waals surface area contributed by atoms with Crippen LogP contribution < -0.4 is 11.1 Å². The molecule has 0 radical (unpaired) electrons. The molecule has 0 aromatic heterocycles. The molecule has 7 nitrogen and oxygen atoms in total. The normalized spacial score (nSPS) is 11.2. The van der Waals surface area contributed by atoms with Gasteiger partial charge in [0, 0.05) is 13.7 Å². The fourth-order valence-corrected chi connectivity index (χ4v) is 1.40. The molecular weight excluding hydrogens is 269 g/mol. The van der Waals surface area contributed by atoms with Crippen LogP contribution >= 0.6 is 0 Å². The number of carbonyl (C=O) groups excluding carboxylic acids is 1. The number of nitro groups is 1. The average molecular weight is 285 g/mol. The Morgan fingerprint density at radius 1 is 1.55 bits per heavy atom. The van der Waals surface area contributed by atoms with E-state index in [9.17, 15) is 19.3 Å². The molecule has 8 heteroatoms. The maximum atomic E-state index is 13.3. The number of nitrogen functional groups attached to an aromatic ring is 1. The number of nitro benzene ring substituents is 1. The number of methoxy groups -OCH3 is 1. The predicted molar refractivity (Wildman–Crippen MR) is 70.9 cm³/mol. The van der Waals surface area contributed by atoms with Crippen LogP contribution in [0.5, 0.6) is 0 Å². The zero-order valence-corrected chi connectivity index (χ0v) is 11.4. The van der Waals surface area contributed by atoms with Crippen molar-refractivity contribution in [3.05, 3.63) is 33.6 Å². The molecule has 0 atom stereocenters. The van der Waals surface area contributed by atoms with Crippen LogP contribution in [-0.4, -0.2) is 30.1 Å². The van der Waals surface area contributed by atoms with Gasteiger partial charge in [-0.05, 0) is 19.9 Å². The Kier molecular flexibility index (Phi) is 4.61. The number of benzene rings is 1. The molecule has 0 heterocycles. The van der Waals surface area contributed by atoms with Gasteiger partial charge in [-0.15, -0.1) is 0 Å².